The number of anilines is 1. The SMILES string of the molecule is COc1ccc(C)cc1CN1CCN(CC(=O)Nc2nnc(C)s2)CC1. The Labute approximate surface area is 158 Å². The first-order valence-electron chi connectivity index (χ1n) is 8.71. The van der Waals surface area contributed by atoms with Crippen LogP contribution in [0.15, 0.2) is 18.2 Å². The molecule has 1 aromatic carbocycles. The monoisotopic (exact) mass is 375 g/mol. The number of rotatable bonds is 6. The van der Waals surface area contributed by atoms with Crippen molar-refractivity contribution in [3.8, 4) is 5.75 Å². The average Bonchev–Trinajstić information content (AvgIpc) is 3.01. The summed E-state index contributed by atoms with van der Waals surface area (Å²) in [4.78, 5) is 16.7. The van der Waals surface area contributed by atoms with Gasteiger partial charge in [-0.3, -0.25) is 19.9 Å². The Balaban J connectivity index is 1.47. The molecule has 0 radical (unpaired) electrons. The lowest BCUT2D eigenvalue weighted by molar-refractivity contribution is -0.117. The maximum atomic E-state index is 12.1. The highest BCUT2D eigenvalue weighted by Gasteiger charge is 2.20. The summed E-state index contributed by atoms with van der Waals surface area (Å²) in [7, 11) is 1.71. The summed E-state index contributed by atoms with van der Waals surface area (Å²) in [5.74, 6) is 0.903. The molecule has 1 aromatic heterocycles. The van der Waals surface area contributed by atoms with Crippen LogP contribution < -0.4 is 10.1 Å². The number of aromatic nitrogens is 2. The van der Waals surface area contributed by atoms with Crippen LogP contribution in [0.1, 0.15) is 16.1 Å². The number of piperazine rings is 1. The van der Waals surface area contributed by atoms with Gasteiger partial charge in [0.15, 0.2) is 0 Å². The maximum absolute atomic E-state index is 12.1. The average molecular weight is 375 g/mol. The van der Waals surface area contributed by atoms with Gasteiger partial charge in [0.05, 0.1) is 13.7 Å². The summed E-state index contributed by atoms with van der Waals surface area (Å²) in [6, 6.07) is 6.28. The minimum absolute atomic E-state index is 0.0325. The molecule has 1 aliphatic heterocycles. The van der Waals surface area contributed by atoms with E-state index in [-0.39, 0.29) is 5.91 Å². The van der Waals surface area contributed by atoms with E-state index in [0.29, 0.717) is 11.7 Å². The quantitative estimate of drug-likeness (QED) is 0.832. The molecule has 0 atom stereocenters. The van der Waals surface area contributed by atoms with Gasteiger partial charge in [-0.2, -0.15) is 0 Å². The van der Waals surface area contributed by atoms with Crippen molar-refractivity contribution in [1.82, 2.24) is 20.0 Å². The van der Waals surface area contributed by atoms with E-state index in [1.54, 1.807) is 7.11 Å². The second kappa shape index (κ2) is 8.57. The number of amides is 1. The second-order valence-electron chi connectivity index (χ2n) is 6.54. The molecule has 0 aliphatic carbocycles. The molecule has 1 saturated heterocycles. The molecule has 26 heavy (non-hydrogen) atoms. The normalized spacial score (nSPS) is 15.8. The number of methoxy groups -OCH3 is 1. The Morgan fingerprint density at radius 3 is 2.58 bits per heavy atom. The third-order valence-corrected chi connectivity index (χ3v) is 5.19. The first-order valence-corrected chi connectivity index (χ1v) is 9.53. The van der Waals surface area contributed by atoms with Gasteiger partial charge in [-0.15, -0.1) is 10.2 Å². The zero-order valence-corrected chi connectivity index (χ0v) is 16.3. The molecular formula is C18H25N5O2S. The van der Waals surface area contributed by atoms with Crippen LogP contribution in [0.25, 0.3) is 0 Å². The van der Waals surface area contributed by atoms with Gasteiger partial charge in [0.2, 0.25) is 11.0 Å². The summed E-state index contributed by atoms with van der Waals surface area (Å²) in [6.07, 6.45) is 0. The number of hydrogen-bond donors (Lipinski definition) is 1. The van der Waals surface area contributed by atoms with Crippen LogP contribution in [0.2, 0.25) is 0 Å². The number of carbonyl (C=O) groups is 1. The van der Waals surface area contributed by atoms with E-state index in [9.17, 15) is 4.79 Å². The van der Waals surface area contributed by atoms with Crippen LogP contribution in [0.5, 0.6) is 5.75 Å². The van der Waals surface area contributed by atoms with Crippen molar-refractivity contribution >= 4 is 22.4 Å². The fourth-order valence-corrected chi connectivity index (χ4v) is 3.69. The van der Waals surface area contributed by atoms with Gasteiger partial charge in [-0.05, 0) is 19.9 Å². The van der Waals surface area contributed by atoms with Crippen molar-refractivity contribution in [1.29, 1.82) is 0 Å². The summed E-state index contributed by atoms with van der Waals surface area (Å²) < 4.78 is 5.47. The lowest BCUT2D eigenvalue weighted by Gasteiger charge is -2.34. The number of carbonyl (C=O) groups excluding carboxylic acids is 1. The van der Waals surface area contributed by atoms with E-state index >= 15 is 0 Å². The molecule has 8 heteroatoms. The third-order valence-electron chi connectivity index (χ3n) is 4.43. The topological polar surface area (TPSA) is 70.6 Å². The summed E-state index contributed by atoms with van der Waals surface area (Å²) >= 11 is 1.39. The number of hydrogen-bond acceptors (Lipinski definition) is 7. The maximum Gasteiger partial charge on any atom is 0.240 e. The van der Waals surface area contributed by atoms with Crippen molar-refractivity contribution in [2.24, 2.45) is 0 Å². The Kier molecular flexibility index (Phi) is 6.18. The van der Waals surface area contributed by atoms with Gasteiger partial charge >= 0.3 is 0 Å². The first kappa shape index (κ1) is 18.8. The molecule has 0 saturated carbocycles. The van der Waals surface area contributed by atoms with Crippen LogP contribution in [-0.4, -0.2) is 65.7 Å². The molecule has 140 valence electrons. The van der Waals surface area contributed by atoms with E-state index in [2.05, 4.69) is 44.4 Å². The van der Waals surface area contributed by atoms with Crippen LogP contribution >= 0.6 is 11.3 Å². The van der Waals surface area contributed by atoms with Crippen LogP contribution in [0, 0.1) is 13.8 Å². The second-order valence-corrected chi connectivity index (χ2v) is 7.72. The van der Waals surface area contributed by atoms with Crippen LogP contribution in [0.3, 0.4) is 0 Å². The molecule has 0 unspecified atom stereocenters. The van der Waals surface area contributed by atoms with Gasteiger partial charge in [0.25, 0.3) is 0 Å². The smallest absolute Gasteiger partial charge is 0.240 e. The van der Waals surface area contributed by atoms with E-state index < -0.39 is 0 Å². The predicted octanol–water partition coefficient (Wildman–Crippen LogP) is 1.92. The predicted molar refractivity (Wildman–Crippen MR) is 103 cm³/mol. The van der Waals surface area contributed by atoms with Gasteiger partial charge < -0.3 is 4.74 Å². The highest BCUT2D eigenvalue weighted by molar-refractivity contribution is 7.15. The van der Waals surface area contributed by atoms with Gasteiger partial charge in [0.1, 0.15) is 10.8 Å². The van der Waals surface area contributed by atoms with Gasteiger partial charge in [-0.25, -0.2) is 0 Å². The molecule has 7 nitrogen and oxygen atoms in total. The van der Waals surface area contributed by atoms with Crippen molar-refractivity contribution in [2.45, 2.75) is 20.4 Å². The zero-order valence-electron chi connectivity index (χ0n) is 15.5. The van der Waals surface area contributed by atoms with Crippen molar-refractivity contribution in [3.05, 3.63) is 34.3 Å². The lowest BCUT2D eigenvalue weighted by atomic mass is 10.1. The molecule has 0 spiro atoms. The largest absolute Gasteiger partial charge is 0.496 e. The minimum Gasteiger partial charge on any atom is -0.496 e. The fraction of sp³-hybridized carbons (Fsp3) is 0.500. The Morgan fingerprint density at radius 1 is 1.19 bits per heavy atom. The molecule has 1 aliphatic rings. The molecule has 2 aromatic rings. The molecule has 3 rings (SSSR count). The summed E-state index contributed by atoms with van der Waals surface area (Å²) in [5.41, 5.74) is 2.45. The van der Waals surface area contributed by atoms with E-state index in [1.165, 1.54) is 22.5 Å². The van der Waals surface area contributed by atoms with Crippen molar-refractivity contribution in [3.63, 3.8) is 0 Å². The highest BCUT2D eigenvalue weighted by Crippen LogP contribution is 2.22. The minimum atomic E-state index is -0.0325. The van der Waals surface area contributed by atoms with Crippen LogP contribution in [0.4, 0.5) is 5.13 Å². The molecule has 1 fully saturated rings. The molecular weight excluding hydrogens is 350 g/mol. The summed E-state index contributed by atoms with van der Waals surface area (Å²) in [5, 5.41) is 12.1. The van der Waals surface area contributed by atoms with Crippen molar-refractivity contribution in [2.75, 3.05) is 45.2 Å². The third kappa shape index (κ3) is 5.00. The van der Waals surface area contributed by atoms with Crippen LogP contribution in [-0.2, 0) is 11.3 Å². The first-order chi connectivity index (χ1) is 12.5. The zero-order chi connectivity index (χ0) is 18.5. The number of nitrogens with zero attached hydrogens (tertiary/aromatic N) is 4. The molecule has 2 heterocycles. The number of benzene rings is 1. The number of aryl methyl sites for hydroxylation is 2. The van der Waals surface area contributed by atoms with Crippen molar-refractivity contribution < 1.29 is 9.53 Å². The Morgan fingerprint density at radius 2 is 1.92 bits per heavy atom. The molecule has 1 N–H and O–H groups in total. The van der Waals surface area contributed by atoms with E-state index in [0.717, 1.165) is 43.5 Å². The summed E-state index contributed by atoms with van der Waals surface area (Å²) in [6.45, 7) is 8.84. The molecule has 0 bridgehead atoms. The number of ether oxygens (including phenoxy) is 1. The highest BCUT2D eigenvalue weighted by atomic mass is 32.1. The van der Waals surface area contributed by atoms with Gasteiger partial charge in [-0.1, -0.05) is 29.0 Å². The number of nitrogens with one attached hydrogen (secondary N) is 1. The van der Waals surface area contributed by atoms with Gasteiger partial charge in [0, 0.05) is 38.3 Å². The molecule has 1 amide bonds. The fourth-order valence-electron chi connectivity index (χ4n) is 3.09. The van der Waals surface area contributed by atoms with E-state index in [1.807, 2.05) is 13.0 Å². The lowest BCUT2D eigenvalue weighted by Crippen LogP contribution is -2.48. The Bertz CT molecular complexity index is 756. The standard InChI is InChI=1S/C18H25N5O2S/c1-13-4-5-16(25-3)15(10-13)11-22-6-8-23(9-7-22)12-17(24)19-18-21-20-14(2)26-18/h4-5,10H,6-9,11-12H2,1-3H3,(H,19,21,24). The Hall–Kier alpha value is -2.03. The van der Waals surface area contributed by atoms with E-state index in [4.69, 9.17) is 4.74 Å².